The maximum Gasteiger partial charge on any atom is 0.103 e. The lowest BCUT2D eigenvalue weighted by molar-refractivity contribution is 0.248. The molecule has 2 aliphatic carbocycles. The summed E-state index contributed by atoms with van der Waals surface area (Å²) in [6.07, 6.45) is 4.13. The average molecular weight is 142 g/mol. The van der Waals surface area contributed by atoms with E-state index in [0.717, 1.165) is 18.8 Å². The van der Waals surface area contributed by atoms with Crippen LogP contribution >= 0.6 is 0 Å². The molecule has 0 heterocycles. The number of fused-ring (bicyclic) bond motifs is 1. The lowest BCUT2D eigenvalue weighted by atomic mass is 9.94. The van der Waals surface area contributed by atoms with Crippen LogP contribution in [0.25, 0.3) is 0 Å². The van der Waals surface area contributed by atoms with E-state index in [1.807, 2.05) is 0 Å². The second kappa shape index (κ2) is 2.21. The van der Waals surface area contributed by atoms with E-state index in [1.165, 1.54) is 12.8 Å². The molecule has 0 nitrogen and oxygen atoms in total. The molecule has 58 valence electrons. The molecule has 4 unspecified atom stereocenters. The molecule has 0 N–H and O–H groups in total. The van der Waals surface area contributed by atoms with Crippen LogP contribution in [0.3, 0.4) is 0 Å². The highest BCUT2D eigenvalue weighted by atomic mass is 19.1. The lowest BCUT2D eigenvalue weighted by Crippen LogP contribution is -2.09. The fourth-order valence-electron chi connectivity index (χ4n) is 2.88. The van der Waals surface area contributed by atoms with Crippen LogP contribution in [0.1, 0.15) is 32.6 Å². The Balaban J connectivity index is 2.11. The third-order valence-electron chi connectivity index (χ3n) is 3.42. The molecular weight excluding hydrogens is 127 g/mol. The largest absolute Gasteiger partial charge is 0.247 e. The Bertz CT molecular complexity index is 119. The highest BCUT2D eigenvalue weighted by molar-refractivity contribution is 4.92. The number of hydrogen-bond donors (Lipinski definition) is 0. The molecule has 0 aromatic heterocycles. The molecule has 0 aromatic rings. The maximum absolute atomic E-state index is 13.1. The molecule has 2 aliphatic rings. The molecule has 0 aliphatic heterocycles. The predicted octanol–water partition coefficient (Wildman–Crippen LogP) is 2.78. The van der Waals surface area contributed by atoms with Crippen LogP contribution in [0.2, 0.25) is 0 Å². The summed E-state index contributed by atoms with van der Waals surface area (Å²) in [5.74, 6) is 1.87. The zero-order chi connectivity index (χ0) is 7.14. The van der Waals surface area contributed by atoms with Gasteiger partial charge in [-0.25, -0.2) is 4.39 Å². The SMILES string of the molecule is CC1CC(F)C2CCCC12. The lowest BCUT2D eigenvalue weighted by Gasteiger charge is -2.12. The zero-order valence-electron chi connectivity index (χ0n) is 6.52. The molecule has 4 atom stereocenters. The van der Waals surface area contributed by atoms with Gasteiger partial charge in [0.25, 0.3) is 0 Å². The minimum Gasteiger partial charge on any atom is -0.247 e. The molecule has 0 spiro atoms. The Morgan fingerprint density at radius 2 is 1.90 bits per heavy atom. The molecule has 2 fully saturated rings. The molecule has 2 rings (SSSR count). The van der Waals surface area contributed by atoms with Crippen molar-refractivity contribution in [3.63, 3.8) is 0 Å². The van der Waals surface area contributed by atoms with Gasteiger partial charge in [-0.15, -0.1) is 0 Å². The molecule has 10 heavy (non-hydrogen) atoms. The van der Waals surface area contributed by atoms with Gasteiger partial charge >= 0.3 is 0 Å². The summed E-state index contributed by atoms with van der Waals surface area (Å²) in [6.45, 7) is 2.21. The summed E-state index contributed by atoms with van der Waals surface area (Å²) >= 11 is 0. The Morgan fingerprint density at radius 3 is 2.60 bits per heavy atom. The van der Waals surface area contributed by atoms with Gasteiger partial charge in [0.2, 0.25) is 0 Å². The van der Waals surface area contributed by atoms with Gasteiger partial charge in [0.15, 0.2) is 0 Å². The van der Waals surface area contributed by atoms with Crippen molar-refractivity contribution >= 4 is 0 Å². The van der Waals surface area contributed by atoms with Crippen LogP contribution in [0.15, 0.2) is 0 Å². The van der Waals surface area contributed by atoms with Crippen molar-refractivity contribution in [3.8, 4) is 0 Å². The van der Waals surface area contributed by atoms with Gasteiger partial charge in [-0.1, -0.05) is 13.3 Å². The van der Waals surface area contributed by atoms with Crippen LogP contribution < -0.4 is 0 Å². The van der Waals surface area contributed by atoms with Gasteiger partial charge in [0.1, 0.15) is 6.17 Å². The second-order valence-corrected chi connectivity index (χ2v) is 3.99. The fourth-order valence-corrected chi connectivity index (χ4v) is 2.88. The van der Waals surface area contributed by atoms with Crippen molar-refractivity contribution in [1.82, 2.24) is 0 Å². The number of alkyl halides is 1. The van der Waals surface area contributed by atoms with Crippen molar-refractivity contribution in [2.24, 2.45) is 17.8 Å². The summed E-state index contributed by atoms with van der Waals surface area (Å²) in [6, 6.07) is 0. The van der Waals surface area contributed by atoms with E-state index < -0.39 is 6.17 Å². The van der Waals surface area contributed by atoms with Crippen molar-refractivity contribution in [3.05, 3.63) is 0 Å². The maximum atomic E-state index is 13.1. The summed E-state index contributed by atoms with van der Waals surface area (Å²) in [5, 5.41) is 0. The van der Waals surface area contributed by atoms with Gasteiger partial charge in [-0.2, -0.15) is 0 Å². The van der Waals surface area contributed by atoms with Gasteiger partial charge in [0.05, 0.1) is 0 Å². The monoisotopic (exact) mass is 142 g/mol. The van der Waals surface area contributed by atoms with Gasteiger partial charge < -0.3 is 0 Å². The number of hydrogen-bond acceptors (Lipinski definition) is 0. The molecule has 2 saturated carbocycles. The first-order valence-corrected chi connectivity index (χ1v) is 4.43. The van der Waals surface area contributed by atoms with Crippen LogP contribution in [0.5, 0.6) is 0 Å². The van der Waals surface area contributed by atoms with Crippen LogP contribution in [-0.4, -0.2) is 6.17 Å². The quantitative estimate of drug-likeness (QED) is 0.488. The van der Waals surface area contributed by atoms with E-state index >= 15 is 0 Å². The van der Waals surface area contributed by atoms with Gasteiger partial charge in [-0.3, -0.25) is 0 Å². The third kappa shape index (κ3) is 0.792. The predicted molar refractivity (Wildman–Crippen MR) is 39.5 cm³/mol. The summed E-state index contributed by atoms with van der Waals surface area (Å²) < 4.78 is 13.1. The van der Waals surface area contributed by atoms with Crippen molar-refractivity contribution < 1.29 is 4.39 Å². The summed E-state index contributed by atoms with van der Waals surface area (Å²) in [7, 11) is 0. The minimum atomic E-state index is -0.456. The second-order valence-electron chi connectivity index (χ2n) is 3.99. The van der Waals surface area contributed by atoms with Crippen molar-refractivity contribution in [2.45, 2.75) is 38.8 Å². The number of halogens is 1. The molecular formula is C9H15F. The molecule has 0 amide bonds. The molecule has 0 saturated heterocycles. The van der Waals surface area contributed by atoms with E-state index in [-0.39, 0.29) is 0 Å². The van der Waals surface area contributed by atoms with Gasteiger partial charge in [-0.05, 0) is 37.0 Å². The Labute approximate surface area is 61.8 Å². The van der Waals surface area contributed by atoms with E-state index in [9.17, 15) is 4.39 Å². The van der Waals surface area contributed by atoms with Crippen LogP contribution in [0, 0.1) is 17.8 Å². The normalized spacial score (nSPS) is 53.4. The first kappa shape index (κ1) is 6.63. The Kier molecular flexibility index (Phi) is 1.47. The van der Waals surface area contributed by atoms with E-state index in [1.54, 1.807) is 0 Å². The topological polar surface area (TPSA) is 0 Å². The third-order valence-corrected chi connectivity index (χ3v) is 3.42. The van der Waals surface area contributed by atoms with Crippen molar-refractivity contribution in [2.75, 3.05) is 0 Å². The van der Waals surface area contributed by atoms with E-state index in [2.05, 4.69) is 6.92 Å². The number of rotatable bonds is 0. The van der Waals surface area contributed by atoms with E-state index in [4.69, 9.17) is 0 Å². The fraction of sp³-hybridized carbons (Fsp3) is 1.00. The smallest absolute Gasteiger partial charge is 0.103 e. The van der Waals surface area contributed by atoms with Crippen LogP contribution in [0.4, 0.5) is 4.39 Å². The molecule has 0 bridgehead atoms. The highest BCUT2D eigenvalue weighted by Gasteiger charge is 2.43. The minimum absolute atomic E-state index is 0.454. The molecule has 1 heteroatoms. The first-order chi connectivity index (χ1) is 4.79. The summed E-state index contributed by atoms with van der Waals surface area (Å²) in [5.41, 5.74) is 0. The standard InChI is InChI=1S/C9H15F/c1-6-5-9(10)8-4-2-3-7(6)8/h6-9H,2-5H2,1H3. The highest BCUT2D eigenvalue weighted by Crippen LogP contribution is 2.48. The first-order valence-electron chi connectivity index (χ1n) is 4.43. The Morgan fingerprint density at radius 1 is 1.20 bits per heavy atom. The van der Waals surface area contributed by atoms with Crippen molar-refractivity contribution in [1.29, 1.82) is 0 Å². The average Bonchev–Trinajstić information content (AvgIpc) is 2.39. The zero-order valence-corrected chi connectivity index (χ0v) is 6.52. The van der Waals surface area contributed by atoms with E-state index in [0.29, 0.717) is 11.8 Å². The summed E-state index contributed by atoms with van der Waals surface area (Å²) in [4.78, 5) is 0. The molecule has 0 radical (unpaired) electrons. The Hall–Kier alpha value is -0.0700. The molecule has 0 aromatic carbocycles. The van der Waals surface area contributed by atoms with Gasteiger partial charge in [0, 0.05) is 0 Å². The van der Waals surface area contributed by atoms with Crippen LogP contribution in [-0.2, 0) is 0 Å².